The van der Waals surface area contributed by atoms with Crippen molar-refractivity contribution in [1.29, 1.82) is 0 Å². The van der Waals surface area contributed by atoms with Gasteiger partial charge in [0.25, 0.3) is 0 Å². The highest BCUT2D eigenvalue weighted by Gasteiger charge is 2.64. The Hall–Kier alpha value is -0.0800. The molecule has 2 bridgehead atoms. The molecule has 3 aliphatic rings. The van der Waals surface area contributed by atoms with Crippen molar-refractivity contribution in [2.24, 2.45) is 35.3 Å². The fraction of sp³-hybridized carbons (Fsp3) is 1.00. The molecule has 2 nitrogen and oxygen atoms in total. The van der Waals surface area contributed by atoms with Crippen LogP contribution in [0.25, 0.3) is 0 Å². The Morgan fingerprint density at radius 3 is 2.50 bits per heavy atom. The molecular formula is C14H26N2. The Balaban J connectivity index is 1.44. The van der Waals surface area contributed by atoms with Crippen LogP contribution >= 0.6 is 0 Å². The van der Waals surface area contributed by atoms with Gasteiger partial charge in [-0.2, -0.15) is 0 Å². The summed E-state index contributed by atoms with van der Waals surface area (Å²) in [4.78, 5) is 0. The van der Waals surface area contributed by atoms with Crippen molar-refractivity contribution in [3.63, 3.8) is 0 Å². The van der Waals surface area contributed by atoms with Gasteiger partial charge in [-0.1, -0.05) is 13.3 Å². The van der Waals surface area contributed by atoms with E-state index in [-0.39, 0.29) is 0 Å². The van der Waals surface area contributed by atoms with Crippen molar-refractivity contribution in [2.45, 2.75) is 45.1 Å². The van der Waals surface area contributed by atoms with Crippen LogP contribution in [0, 0.1) is 29.6 Å². The molecule has 5 atom stereocenters. The van der Waals surface area contributed by atoms with E-state index in [9.17, 15) is 0 Å². The van der Waals surface area contributed by atoms with Gasteiger partial charge in [0.2, 0.25) is 0 Å². The molecule has 0 radical (unpaired) electrons. The summed E-state index contributed by atoms with van der Waals surface area (Å²) in [5.41, 5.74) is 5.81. The maximum atomic E-state index is 5.81. The molecule has 3 aliphatic carbocycles. The molecule has 0 aliphatic heterocycles. The van der Waals surface area contributed by atoms with Crippen LogP contribution in [-0.2, 0) is 0 Å². The number of fused-ring (bicyclic) bond motifs is 5. The zero-order valence-corrected chi connectivity index (χ0v) is 10.5. The molecule has 2 heteroatoms. The van der Waals surface area contributed by atoms with Crippen LogP contribution in [0.3, 0.4) is 0 Å². The van der Waals surface area contributed by atoms with E-state index in [0.717, 1.165) is 36.3 Å². The first kappa shape index (κ1) is 11.0. The van der Waals surface area contributed by atoms with Crippen molar-refractivity contribution in [3.8, 4) is 0 Å². The predicted molar refractivity (Wildman–Crippen MR) is 67.1 cm³/mol. The van der Waals surface area contributed by atoms with Crippen LogP contribution in [0.2, 0.25) is 0 Å². The van der Waals surface area contributed by atoms with Crippen molar-refractivity contribution >= 4 is 0 Å². The van der Waals surface area contributed by atoms with Gasteiger partial charge in [0, 0.05) is 6.04 Å². The molecule has 3 rings (SSSR count). The van der Waals surface area contributed by atoms with Crippen LogP contribution < -0.4 is 11.1 Å². The smallest absolute Gasteiger partial charge is 0.0136 e. The van der Waals surface area contributed by atoms with E-state index in [2.05, 4.69) is 12.2 Å². The largest absolute Gasteiger partial charge is 0.330 e. The molecule has 0 aromatic heterocycles. The third kappa shape index (κ3) is 1.70. The van der Waals surface area contributed by atoms with Gasteiger partial charge < -0.3 is 11.1 Å². The lowest BCUT2D eigenvalue weighted by molar-refractivity contribution is 0.404. The number of nitrogens with two attached hydrogens (primary N) is 1. The third-order valence-corrected chi connectivity index (χ3v) is 5.41. The first-order valence-corrected chi connectivity index (χ1v) is 7.28. The molecule has 3 saturated carbocycles. The van der Waals surface area contributed by atoms with Crippen LogP contribution in [-0.4, -0.2) is 19.1 Å². The summed E-state index contributed by atoms with van der Waals surface area (Å²) >= 11 is 0. The molecule has 5 unspecified atom stereocenters. The molecule has 3 N–H and O–H groups in total. The molecule has 0 spiro atoms. The van der Waals surface area contributed by atoms with E-state index in [4.69, 9.17) is 5.73 Å². The average Bonchev–Trinajstić information content (AvgIpc) is 2.70. The van der Waals surface area contributed by atoms with Gasteiger partial charge >= 0.3 is 0 Å². The van der Waals surface area contributed by atoms with Crippen molar-refractivity contribution in [3.05, 3.63) is 0 Å². The summed E-state index contributed by atoms with van der Waals surface area (Å²) < 4.78 is 0. The lowest BCUT2D eigenvalue weighted by Gasteiger charge is -2.16. The maximum absolute atomic E-state index is 5.81. The summed E-state index contributed by atoms with van der Waals surface area (Å²) in [5, 5.41) is 3.82. The van der Waals surface area contributed by atoms with E-state index in [0.29, 0.717) is 5.92 Å². The summed E-state index contributed by atoms with van der Waals surface area (Å²) in [7, 11) is 0. The molecule has 0 heterocycles. The van der Waals surface area contributed by atoms with Gasteiger partial charge in [0.05, 0.1) is 0 Å². The Bertz CT molecular complexity index is 237. The van der Waals surface area contributed by atoms with Gasteiger partial charge in [-0.15, -0.1) is 0 Å². The van der Waals surface area contributed by atoms with Gasteiger partial charge in [-0.25, -0.2) is 0 Å². The second-order valence-electron chi connectivity index (χ2n) is 6.31. The van der Waals surface area contributed by atoms with Gasteiger partial charge in [0.15, 0.2) is 0 Å². The minimum Gasteiger partial charge on any atom is -0.330 e. The Labute approximate surface area is 99.4 Å². The highest BCUT2D eigenvalue weighted by molar-refractivity contribution is 5.16. The normalized spacial score (nSPS) is 45.8. The van der Waals surface area contributed by atoms with Crippen molar-refractivity contribution < 1.29 is 0 Å². The monoisotopic (exact) mass is 222 g/mol. The van der Waals surface area contributed by atoms with Gasteiger partial charge in [-0.3, -0.25) is 0 Å². The Morgan fingerprint density at radius 2 is 1.94 bits per heavy atom. The minimum absolute atomic E-state index is 0.712. The first-order valence-electron chi connectivity index (χ1n) is 7.28. The second kappa shape index (κ2) is 4.30. The summed E-state index contributed by atoms with van der Waals surface area (Å²) in [6.45, 7) is 4.28. The SMILES string of the molecule is CCCC(CN)CNC1C2C3CCC(C3)C12. The predicted octanol–water partition coefficient (Wildman–Crippen LogP) is 2.00. The summed E-state index contributed by atoms with van der Waals surface area (Å²) in [6, 6.07) is 0.886. The van der Waals surface area contributed by atoms with Gasteiger partial charge in [-0.05, 0) is 68.4 Å². The fourth-order valence-corrected chi connectivity index (χ4v) is 4.61. The molecular weight excluding hydrogens is 196 g/mol. The second-order valence-corrected chi connectivity index (χ2v) is 6.31. The quantitative estimate of drug-likeness (QED) is 0.721. The fourth-order valence-electron chi connectivity index (χ4n) is 4.61. The topological polar surface area (TPSA) is 38.0 Å². The number of nitrogens with one attached hydrogen (secondary N) is 1. The molecule has 92 valence electrons. The van der Waals surface area contributed by atoms with Crippen LogP contribution in [0.5, 0.6) is 0 Å². The van der Waals surface area contributed by atoms with E-state index in [1.54, 1.807) is 6.42 Å². The maximum Gasteiger partial charge on any atom is 0.0136 e. The highest BCUT2D eigenvalue weighted by atomic mass is 15.0. The third-order valence-electron chi connectivity index (χ3n) is 5.41. The molecule has 16 heavy (non-hydrogen) atoms. The Kier molecular flexibility index (Phi) is 2.97. The number of hydrogen-bond acceptors (Lipinski definition) is 2. The highest BCUT2D eigenvalue weighted by Crippen LogP contribution is 2.65. The van der Waals surface area contributed by atoms with E-state index in [1.807, 2.05) is 0 Å². The summed E-state index contributed by atoms with van der Waals surface area (Å²) in [5.74, 6) is 5.03. The van der Waals surface area contributed by atoms with E-state index in [1.165, 1.54) is 32.2 Å². The number of hydrogen-bond donors (Lipinski definition) is 2. The lowest BCUT2D eigenvalue weighted by Crippen LogP contribution is -2.32. The molecule has 0 amide bonds. The lowest BCUT2D eigenvalue weighted by atomic mass is 10.0. The standard InChI is InChI=1S/C14H26N2/c1-2-3-9(7-15)8-16-14-12-10-4-5-11(6-10)13(12)14/h9-14,16H,2-8,15H2,1H3. The minimum atomic E-state index is 0.712. The van der Waals surface area contributed by atoms with Crippen LogP contribution in [0.15, 0.2) is 0 Å². The van der Waals surface area contributed by atoms with Crippen molar-refractivity contribution in [1.82, 2.24) is 5.32 Å². The zero-order valence-electron chi connectivity index (χ0n) is 10.5. The average molecular weight is 222 g/mol. The van der Waals surface area contributed by atoms with E-state index < -0.39 is 0 Å². The zero-order chi connectivity index (χ0) is 11.1. The molecule has 3 fully saturated rings. The summed E-state index contributed by atoms with van der Waals surface area (Å²) in [6.07, 6.45) is 7.17. The molecule has 0 saturated heterocycles. The van der Waals surface area contributed by atoms with Crippen LogP contribution in [0.4, 0.5) is 0 Å². The van der Waals surface area contributed by atoms with Crippen molar-refractivity contribution in [2.75, 3.05) is 13.1 Å². The number of rotatable bonds is 6. The molecule has 0 aromatic carbocycles. The molecule has 0 aromatic rings. The van der Waals surface area contributed by atoms with Crippen LogP contribution in [0.1, 0.15) is 39.0 Å². The Morgan fingerprint density at radius 1 is 1.25 bits per heavy atom. The van der Waals surface area contributed by atoms with Gasteiger partial charge in [0.1, 0.15) is 0 Å². The van der Waals surface area contributed by atoms with E-state index >= 15 is 0 Å². The first-order chi connectivity index (χ1) is 7.85.